The molecule has 1 rings (SSSR count). The van der Waals surface area contributed by atoms with Gasteiger partial charge < -0.3 is 10.1 Å². The molecule has 0 aliphatic rings. The van der Waals surface area contributed by atoms with Crippen molar-refractivity contribution in [1.82, 2.24) is 10.0 Å². The van der Waals surface area contributed by atoms with E-state index in [9.17, 15) is 30.8 Å². The number of carbonyl (C=O) groups is 1. The van der Waals surface area contributed by atoms with Gasteiger partial charge in [0, 0.05) is 12.6 Å². The lowest BCUT2D eigenvalue weighted by Gasteiger charge is -2.16. The first-order valence-electron chi connectivity index (χ1n) is 7.21. The number of rotatable bonds is 8. The van der Waals surface area contributed by atoms with E-state index in [1.54, 1.807) is 6.92 Å². The lowest BCUT2D eigenvalue weighted by atomic mass is 10.2. The van der Waals surface area contributed by atoms with Crippen LogP contribution in [0, 0.1) is 5.82 Å². The van der Waals surface area contributed by atoms with Crippen LogP contribution in [0.15, 0.2) is 23.1 Å². The summed E-state index contributed by atoms with van der Waals surface area (Å²) in [4.78, 5) is 11.7. The Morgan fingerprint density at radius 2 is 1.96 bits per heavy atom. The molecule has 1 aromatic rings. The van der Waals surface area contributed by atoms with Gasteiger partial charge in [-0.3, -0.25) is 4.79 Å². The van der Waals surface area contributed by atoms with Crippen LogP contribution >= 0.6 is 0 Å². The maximum atomic E-state index is 13.8. The predicted molar refractivity (Wildman–Crippen MR) is 81.1 cm³/mol. The first-order chi connectivity index (χ1) is 11.5. The van der Waals surface area contributed by atoms with Crippen LogP contribution in [0.5, 0.6) is 0 Å². The van der Waals surface area contributed by atoms with Crippen LogP contribution in [0.1, 0.15) is 24.2 Å². The number of nitrogens with one attached hydrogen (secondary N) is 2. The molecule has 0 spiro atoms. The molecule has 1 amide bonds. The van der Waals surface area contributed by atoms with E-state index in [-0.39, 0.29) is 11.4 Å². The van der Waals surface area contributed by atoms with E-state index in [1.165, 1.54) is 6.92 Å². The van der Waals surface area contributed by atoms with Gasteiger partial charge in [0.1, 0.15) is 12.4 Å². The Hall–Kier alpha value is -1.72. The maximum Gasteiger partial charge on any atom is 0.411 e. The largest absolute Gasteiger partial charge is 0.411 e. The molecule has 0 aliphatic carbocycles. The molecule has 0 aliphatic heterocycles. The topological polar surface area (TPSA) is 84.5 Å². The summed E-state index contributed by atoms with van der Waals surface area (Å²) in [5, 5.41) is 2.25. The highest BCUT2D eigenvalue weighted by molar-refractivity contribution is 7.89. The van der Waals surface area contributed by atoms with Gasteiger partial charge in [-0.15, -0.1) is 0 Å². The lowest BCUT2D eigenvalue weighted by Crippen LogP contribution is -2.37. The molecule has 0 saturated carbocycles. The number of benzene rings is 1. The van der Waals surface area contributed by atoms with Crippen molar-refractivity contribution >= 4 is 15.9 Å². The molecule has 11 heteroatoms. The minimum atomic E-state index is -4.50. The van der Waals surface area contributed by atoms with Crippen LogP contribution in [0.3, 0.4) is 0 Å². The number of amides is 1. The molecular formula is C14H18F4N2O4S. The second-order valence-electron chi connectivity index (χ2n) is 5.15. The van der Waals surface area contributed by atoms with Crippen molar-refractivity contribution in [3.8, 4) is 0 Å². The fraction of sp³-hybridized carbons (Fsp3) is 0.500. The first kappa shape index (κ1) is 21.3. The minimum absolute atomic E-state index is 0.106. The highest BCUT2D eigenvalue weighted by atomic mass is 32.2. The van der Waals surface area contributed by atoms with Crippen molar-refractivity contribution in [3.63, 3.8) is 0 Å². The molecule has 0 radical (unpaired) electrons. The van der Waals surface area contributed by atoms with Gasteiger partial charge >= 0.3 is 6.18 Å². The summed E-state index contributed by atoms with van der Waals surface area (Å²) in [7, 11) is -3.89. The van der Waals surface area contributed by atoms with Crippen LogP contribution in [0.2, 0.25) is 0 Å². The Balaban J connectivity index is 2.81. The molecule has 0 bridgehead atoms. The fourth-order valence-corrected chi connectivity index (χ4v) is 2.88. The van der Waals surface area contributed by atoms with E-state index in [2.05, 4.69) is 14.8 Å². The molecule has 1 unspecified atom stereocenters. The number of hydrogen-bond donors (Lipinski definition) is 2. The minimum Gasteiger partial charge on any atom is -0.370 e. The fourth-order valence-electron chi connectivity index (χ4n) is 1.81. The predicted octanol–water partition coefficient (Wildman–Crippen LogP) is 1.82. The summed E-state index contributed by atoms with van der Waals surface area (Å²) in [6.07, 6.45) is -4.50. The number of ether oxygens (including phenoxy) is 1. The third kappa shape index (κ3) is 6.96. The standard InChI is InChI=1S/C14H18F4N2O4S/c1-3-19-25(22,23)10-4-5-12(15)11(6-10)13(21)20-9(2)7-24-8-14(16,17)18/h4-6,9,19H,3,7-8H2,1-2H3,(H,20,21). The van der Waals surface area contributed by atoms with Crippen molar-refractivity contribution in [1.29, 1.82) is 0 Å². The van der Waals surface area contributed by atoms with Gasteiger partial charge in [-0.1, -0.05) is 6.92 Å². The summed E-state index contributed by atoms with van der Waals surface area (Å²) in [6.45, 7) is 1.11. The van der Waals surface area contributed by atoms with Crippen LogP contribution in [-0.4, -0.2) is 46.3 Å². The summed E-state index contributed by atoms with van der Waals surface area (Å²) in [5.41, 5.74) is -0.540. The van der Waals surface area contributed by atoms with Gasteiger partial charge in [-0.2, -0.15) is 13.2 Å². The quantitative estimate of drug-likeness (QED) is 0.668. The van der Waals surface area contributed by atoms with Gasteiger partial charge in [0.25, 0.3) is 5.91 Å². The zero-order valence-corrected chi connectivity index (χ0v) is 14.3. The maximum absolute atomic E-state index is 13.8. The van der Waals surface area contributed by atoms with Gasteiger partial charge in [0.15, 0.2) is 0 Å². The second-order valence-corrected chi connectivity index (χ2v) is 6.91. The molecular weight excluding hydrogens is 368 g/mol. The monoisotopic (exact) mass is 386 g/mol. The molecule has 1 atom stereocenters. The molecule has 0 fully saturated rings. The molecule has 6 nitrogen and oxygen atoms in total. The van der Waals surface area contributed by atoms with E-state index in [1.807, 2.05) is 0 Å². The third-order valence-corrected chi connectivity index (χ3v) is 4.38. The second kappa shape index (κ2) is 8.59. The average molecular weight is 386 g/mol. The van der Waals surface area contributed by atoms with Crippen LogP contribution < -0.4 is 10.0 Å². The SMILES string of the molecule is CCNS(=O)(=O)c1ccc(F)c(C(=O)NC(C)COCC(F)(F)F)c1. The first-order valence-corrected chi connectivity index (χ1v) is 8.69. The molecule has 142 valence electrons. The average Bonchev–Trinajstić information content (AvgIpc) is 2.45. The highest BCUT2D eigenvalue weighted by Gasteiger charge is 2.28. The smallest absolute Gasteiger partial charge is 0.370 e. The molecule has 25 heavy (non-hydrogen) atoms. The molecule has 0 saturated heterocycles. The normalized spacial score (nSPS) is 13.5. The van der Waals surface area contributed by atoms with Crippen molar-refractivity contribution in [2.24, 2.45) is 0 Å². The number of sulfonamides is 1. The Morgan fingerprint density at radius 1 is 1.32 bits per heavy atom. The molecule has 2 N–H and O–H groups in total. The lowest BCUT2D eigenvalue weighted by molar-refractivity contribution is -0.174. The van der Waals surface area contributed by atoms with Crippen molar-refractivity contribution < 1.29 is 35.5 Å². The molecule has 0 heterocycles. The van der Waals surface area contributed by atoms with Crippen molar-refractivity contribution in [2.75, 3.05) is 19.8 Å². The van der Waals surface area contributed by atoms with Crippen LogP contribution in [-0.2, 0) is 14.8 Å². The number of carbonyl (C=O) groups excluding carboxylic acids is 1. The van der Waals surface area contributed by atoms with Gasteiger partial charge in [0.2, 0.25) is 10.0 Å². The van der Waals surface area contributed by atoms with Crippen LogP contribution in [0.25, 0.3) is 0 Å². The zero-order chi connectivity index (χ0) is 19.3. The van der Waals surface area contributed by atoms with Gasteiger partial charge in [0.05, 0.1) is 17.1 Å². The Kier molecular flexibility index (Phi) is 7.32. The van der Waals surface area contributed by atoms with E-state index in [0.29, 0.717) is 0 Å². The molecule has 1 aromatic carbocycles. The van der Waals surface area contributed by atoms with E-state index in [0.717, 1.165) is 18.2 Å². The highest BCUT2D eigenvalue weighted by Crippen LogP contribution is 2.16. The van der Waals surface area contributed by atoms with Gasteiger partial charge in [-0.25, -0.2) is 17.5 Å². The zero-order valence-electron chi connectivity index (χ0n) is 13.5. The Labute approximate surface area is 142 Å². The summed E-state index contributed by atoms with van der Waals surface area (Å²) in [5.74, 6) is -1.93. The van der Waals surface area contributed by atoms with Crippen LogP contribution in [0.4, 0.5) is 17.6 Å². The summed E-state index contributed by atoms with van der Waals surface area (Å²) < 4.78 is 80.1. The van der Waals surface area contributed by atoms with E-state index >= 15 is 0 Å². The van der Waals surface area contributed by atoms with Gasteiger partial charge in [-0.05, 0) is 25.1 Å². The van der Waals surface area contributed by atoms with Crippen molar-refractivity contribution in [2.45, 2.75) is 31.0 Å². The number of hydrogen-bond acceptors (Lipinski definition) is 4. The molecule has 0 aromatic heterocycles. The number of alkyl halides is 3. The van der Waals surface area contributed by atoms with E-state index in [4.69, 9.17) is 0 Å². The number of halogens is 4. The third-order valence-electron chi connectivity index (χ3n) is 2.84. The van der Waals surface area contributed by atoms with E-state index < -0.39 is 52.7 Å². The summed E-state index contributed by atoms with van der Waals surface area (Å²) >= 11 is 0. The van der Waals surface area contributed by atoms with Crippen molar-refractivity contribution in [3.05, 3.63) is 29.6 Å². The Bertz CT molecular complexity index is 707. The summed E-state index contributed by atoms with van der Waals surface area (Å²) in [6, 6.07) is 1.83. The Morgan fingerprint density at radius 3 is 2.52 bits per heavy atom.